The van der Waals surface area contributed by atoms with Crippen molar-refractivity contribution in [3.63, 3.8) is 0 Å². The number of fused-ring (bicyclic) bond motifs is 2. The molecule has 0 atom stereocenters. The van der Waals surface area contributed by atoms with Crippen molar-refractivity contribution in [2.24, 2.45) is 0 Å². The maximum atomic E-state index is 13.6. The zero-order chi connectivity index (χ0) is 26.5. The third-order valence-corrected chi connectivity index (χ3v) is 7.54. The normalized spacial score (nSPS) is 16.9. The summed E-state index contributed by atoms with van der Waals surface area (Å²) in [4.78, 5) is 43.4. The number of carbonyl (C=O) groups excluding carboxylic acids is 3. The number of Topliss-reactive ketones (excluding diaryl/α,β-unsaturated/α-hetero) is 1. The van der Waals surface area contributed by atoms with Crippen molar-refractivity contribution in [1.82, 2.24) is 15.2 Å². The van der Waals surface area contributed by atoms with Gasteiger partial charge in [0.15, 0.2) is 5.78 Å². The predicted octanol–water partition coefficient (Wildman–Crippen LogP) is 4.85. The molecule has 3 aromatic rings. The number of aromatic nitrogens is 1. The minimum Gasteiger partial charge on any atom is -0.486 e. The highest BCUT2D eigenvalue weighted by Gasteiger charge is 2.44. The summed E-state index contributed by atoms with van der Waals surface area (Å²) in [5, 5.41) is 5.12. The fraction of sp³-hybridized carbons (Fsp3) is 0.333. The summed E-state index contributed by atoms with van der Waals surface area (Å²) in [5.74, 6) is -0.968. The Morgan fingerprint density at radius 1 is 1.16 bits per heavy atom. The number of pyridine rings is 1. The number of likely N-dealkylation sites (tertiary alicyclic amines) is 1. The van der Waals surface area contributed by atoms with Crippen LogP contribution in [0.1, 0.15) is 45.7 Å². The van der Waals surface area contributed by atoms with Gasteiger partial charge in [-0.3, -0.25) is 14.9 Å². The number of carbonyl (C=O) groups is 3. The highest BCUT2D eigenvalue weighted by molar-refractivity contribution is 7.23. The van der Waals surface area contributed by atoms with E-state index in [0.717, 1.165) is 23.5 Å². The lowest BCUT2D eigenvalue weighted by Crippen LogP contribution is -2.52. The number of urea groups is 1. The van der Waals surface area contributed by atoms with Crippen molar-refractivity contribution in [3.8, 4) is 5.75 Å². The summed E-state index contributed by atoms with van der Waals surface area (Å²) in [6.07, 6.45) is -3.99. The first kappa shape index (κ1) is 24.9. The number of ether oxygens (including phenoxy) is 1. The van der Waals surface area contributed by atoms with E-state index in [9.17, 15) is 31.9 Å². The second kappa shape index (κ2) is 8.98. The molecule has 194 valence electrons. The minimum absolute atomic E-state index is 0.0388. The van der Waals surface area contributed by atoms with E-state index in [1.54, 1.807) is 0 Å². The van der Waals surface area contributed by atoms with Crippen LogP contribution >= 0.6 is 11.3 Å². The molecule has 4 heterocycles. The number of amides is 3. The Kier molecular flexibility index (Phi) is 6.05. The topological polar surface area (TPSA) is 101 Å². The molecule has 37 heavy (non-hydrogen) atoms. The summed E-state index contributed by atoms with van der Waals surface area (Å²) in [6, 6.07) is 5.10. The molecule has 0 bridgehead atoms. The highest BCUT2D eigenvalue weighted by Crippen LogP contribution is 2.42. The molecule has 1 aromatic carbocycles. The quantitative estimate of drug-likeness (QED) is 0.457. The Morgan fingerprint density at radius 3 is 2.57 bits per heavy atom. The number of halogens is 4. The number of hydrogen-bond acceptors (Lipinski definition) is 6. The average molecular weight is 537 g/mol. The number of nitrogens with one attached hydrogen (secondary N) is 2. The average Bonchev–Trinajstić information content (AvgIpc) is 3.21. The van der Waals surface area contributed by atoms with Crippen molar-refractivity contribution >= 4 is 44.3 Å². The van der Waals surface area contributed by atoms with E-state index in [0.29, 0.717) is 18.6 Å². The van der Waals surface area contributed by atoms with Gasteiger partial charge in [0.05, 0.1) is 17.5 Å². The fourth-order valence-electron chi connectivity index (χ4n) is 4.62. The van der Waals surface area contributed by atoms with Crippen molar-refractivity contribution < 1.29 is 36.7 Å². The van der Waals surface area contributed by atoms with E-state index in [-0.39, 0.29) is 51.6 Å². The van der Waals surface area contributed by atoms with Crippen LogP contribution in [0.2, 0.25) is 0 Å². The molecule has 8 nitrogen and oxygen atoms in total. The maximum Gasteiger partial charge on any atom is 0.433 e. The molecule has 0 aliphatic carbocycles. The van der Waals surface area contributed by atoms with Gasteiger partial charge in [-0.15, -0.1) is 0 Å². The van der Waals surface area contributed by atoms with Crippen LogP contribution in [0.3, 0.4) is 0 Å². The van der Waals surface area contributed by atoms with Crippen LogP contribution < -0.4 is 15.4 Å². The molecule has 2 N–H and O–H groups in total. The van der Waals surface area contributed by atoms with Crippen LogP contribution in [0, 0.1) is 5.82 Å². The van der Waals surface area contributed by atoms with Gasteiger partial charge < -0.3 is 15.0 Å². The van der Waals surface area contributed by atoms with Gasteiger partial charge in [-0.25, -0.2) is 14.2 Å². The molecule has 1 saturated heterocycles. The number of thiophene rings is 1. The van der Waals surface area contributed by atoms with Crippen LogP contribution in [-0.2, 0) is 6.18 Å². The molecule has 3 amide bonds. The third kappa shape index (κ3) is 4.59. The molecule has 1 fully saturated rings. The molecule has 2 aliphatic heterocycles. The van der Waals surface area contributed by atoms with Gasteiger partial charge in [0, 0.05) is 38.4 Å². The van der Waals surface area contributed by atoms with Gasteiger partial charge in [0.1, 0.15) is 32.7 Å². The molecule has 0 radical (unpaired) electrons. The van der Waals surface area contributed by atoms with Crippen LogP contribution in [0.15, 0.2) is 30.3 Å². The highest BCUT2D eigenvalue weighted by atomic mass is 32.1. The predicted molar refractivity (Wildman–Crippen MR) is 127 cm³/mol. The number of benzene rings is 1. The molecular weight excluding hydrogens is 516 g/mol. The van der Waals surface area contributed by atoms with Crippen LogP contribution in [-0.4, -0.2) is 53.3 Å². The van der Waals surface area contributed by atoms with Gasteiger partial charge in [-0.05, 0) is 30.3 Å². The van der Waals surface area contributed by atoms with Gasteiger partial charge in [0.25, 0.3) is 5.91 Å². The Bertz CT molecular complexity index is 1430. The number of nitrogens with zero attached hydrogens (tertiary/aromatic N) is 2. The van der Waals surface area contributed by atoms with Crippen LogP contribution in [0.5, 0.6) is 5.75 Å². The van der Waals surface area contributed by atoms with Crippen LogP contribution in [0.4, 0.5) is 27.4 Å². The Hall–Kier alpha value is -3.74. The molecule has 5 rings (SSSR count). The Balaban J connectivity index is 1.41. The van der Waals surface area contributed by atoms with E-state index in [4.69, 9.17) is 4.74 Å². The second-order valence-electron chi connectivity index (χ2n) is 8.87. The van der Waals surface area contributed by atoms with E-state index in [1.165, 1.54) is 30.1 Å². The van der Waals surface area contributed by atoms with Crippen molar-refractivity contribution in [1.29, 1.82) is 0 Å². The fourth-order valence-corrected chi connectivity index (χ4v) is 5.68. The number of alkyl halides is 3. The van der Waals surface area contributed by atoms with Gasteiger partial charge >= 0.3 is 12.2 Å². The molecule has 13 heteroatoms. The molecule has 1 spiro atoms. The van der Waals surface area contributed by atoms with Crippen LogP contribution in [0.25, 0.3) is 10.2 Å². The van der Waals surface area contributed by atoms with E-state index >= 15 is 0 Å². The molecular formula is C24H20F4N4O4S. The molecule has 0 saturated carbocycles. The van der Waals surface area contributed by atoms with E-state index < -0.39 is 35.2 Å². The number of ketones is 1. The zero-order valence-corrected chi connectivity index (χ0v) is 20.2. The summed E-state index contributed by atoms with van der Waals surface area (Å²) < 4.78 is 59.2. The van der Waals surface area contributed by atoms with Gasteiger partial charge in [-0.2, -0.15) is 13.2 Å². The molecule has 0 unspecified atom stereocenters. The maximum absolute atomic E-state index is 13.6. The summed E-state index contributed by atoms with van der Waals surface area (Å²) in [5.41, 5.74) is -1.72. The summed E-state index contributed by atoms with van der Waals surface area (Å²) in [6.45, 7) is 0.404. The first-order chi connectivity index (χ1) is 17.5. The lowest BCUT2D eigenvalue weighted by atomic mass is 9.82. The number of piperidine rings is 1. The smallest absolute Gasteiger partial charge is 0.433 e. The molecule has 2 aliphatic rings. The van der Waals surface area contributed by atoms with E-state index in [1.807, 2.05) is 0 Å². The Labute approximate surface area is 211 Å². The third-order valence-electron chi connectivity index (χ3n) is 6.53. The number of rotatable bonds is 2. The van der Waals surface area contributed by atoms with Gasteiger partial charge in [-0.1, -0.05) is 11.3 Å². The standard InChI is InChI=1S/C24H20F4N4O4S/c1-29-22(35)31-20-18(13-3-5-17(24(26,27)28)30-19(13)37-20)21(34)32-8-6-23(7-9-32)11-15(33)14-10-12(25)2-4-16(14)36-23/h2-5,10H,6-9,11H2,1H3,(H2,29,31,35). The SMILES string of the molecule is CNC(=O)Nc1sc2nc(C(F)(F)F)ccc2c1C(=O)N1CCC2(CC1)CC(=O)c1cc(F)ccc1O2. The Morgan fingerprint density at radius 2 is 1.89 bits per heavy atom. The molecule has 2 aromatic heterocycles. The summed E-state index contributed by atoms with van der Waals surface area (Å²) in [7, 11) is 1.37. The van der Waals surface area contributed by atoms with E-state index in [2.05, 4.69) is 15.6 Å². The first-order valence-corrected chi connectivity index (χ1v) is 12.1. The minimum atomic E-state index is -4.67. The lowest BCUT2D eigenvalue weighted by Gasteiger charge is -2.44. The number of hydrogen-bond donors (Lipinski definition) is 2. The monoisotopic (exact) mass is 536 g/mol. The van der Waals surface area contributed by atoms with Gasteiger partial charge in [0.2, 0.25) is 0 Å². The van der Waals surface area contributed by atoms with Crippen molar-refractivity contribution in [3.05, 3.63) is 53.0 Å². The zero-order valence-electron chi connectivity index (χ0n) is 19.4. The first-order valence-electron chi connectivity index (χ1n) is 11.3. The summed E-state index contributed by atoms with van der Waals surface area (Å²) >= 11 is 0.775. The number of anilines is 1. The largest absolute Gasteiger partial charge is 0.486 e. The lowest BCUT2D eigenvalue weighted by molar-refractivity contribution is -0.140. The van der Waals surface area contributed by atoms with Crippen molar-refractivity contribution in [2.45, 2.75) is 31.0 Å². The second-order valence-corrected chi connectivity index (χ2v) is 9.87. The van der Waals surface area contributed by atoms with Crippen molar-refractivity contribution in [2.75, 3.05) is 25.5 Å².